The van der Waals surface area contributed by atoms with Crippen molar-refractivity contribution in [1.82, 2.24) is 4.90 Å². The lowest BCUT2D eigenvalue weighted by Crippen LogP contribution is -2.59. The molecule has 2 aliphatic rings. The van der Waals surface area contributed by atoms with Crippen LogP contribution in [0.25, 0.3) is 0 Å². The molecule has 0 bridgehead atoms. The minimum atomic E-state index is -2.42. The summed E-state index contributed by atoms with van der Waals surface area (Å²) < 4.78 is 43.3. The van der Waals surface area contributed by atoms with Gasteiger partial charge in [-0.05, 0) is 64.0 Å². The highest BCUT2D eigenvalue weighted by atomic mass is 28.4. The number of likely N-dealkylation sites (tertiary alicyclic amines) is 1. The summed E-state index contributed by atoms with van der Waals surface area (Å²) in [5.41, 5.74) is 5.23. The smallest absolute Gasteiger partial charge is 0.410 e. The van der Waals surface area contributed by atoms with Crippen molar-refractivity contribution in [3.8, 4) is 11.5 Å². The Hall–Kier alpha value is -3.61. The van der Waals surface area contributed by atoms with Crippen LogP contribution < -0.4 is 14.4 Å². The summed E-state index contributed by atoms with van der Waals surface area (Å²) in [5.74, 6) is 1.55. The number of methoxy groups -OCH3 is 2. The second kappa shape index (κ2) is 21.2. The Morgan fingerprint density at radius 3 is 2.14 bits per heavy atom. The van der Waals surface area contributed by atoms with Crippen molar-refractivity contribution < 1.29 is 37.6 Å². The van der Waals surface area contributed by atoms with Gasteiger partial charge in [0.05, 0.1) is 44.2 Å². The molecule has 2 heterocycles. The third-order valence-electron chi connectivity index (χ3n) is 11.4. The van der Waals surface area contributed by atoms with E-state index in [1.54, 1.807) is 19.1 Å². The Kier molecular flexibility index (Phi) is 16.5. The molecule has 56 heavy (non-hydrogen) atoms. The number of rotatable bonds is 20. The van der Waals surface area contributed by atoms with E-state index in [-0.39, 0.29) is 30.8 Å². The Balaban J connectivity index is 1.49. The maximum atomic E-state index is 14.0. The fourth-order valence-corrected chi connectivity index (χ4v) is 14.3. The van der Waals surface area contributed by atoms with Gasteiger partial charge in [0.25, 0.3) is 0 Å². The Labute approximate surface area is 336 Å². The van der Waals surface area contributed by atoms with Crippen molar-refractivity contribution in [2.75, 3.05) is 71.7 Å². The number of carbonyl (C=O) groups is 1. The van der Waals surface area contributed by atoms with Crippen molar-refractivity contribution in [2.45, 2.75) is 102 Å². The summed E-state index contributed by atoms with van der Waals surface area (Å²) >= 11 is 0. The number of hydrogen-bond donors (Lipinski definition) is 0. The van der Waals surface area contributed by atoms with Crippen LogP contribution in [0.1, 0.15) is 77.0 Å². The molecule has 0 spiro atoms. The normalized spacial score (nSPS) is 18.7. The molecule has 0 saturated carbocycles. The number of amides is 1. The molecular formula is C45H66N2O8Si. The van der Waals surface area contributed by atoms with Crippen molar-refractivity contribution >= 4 is 20.1 Å². The van der Waals surface area contributed by atoms with E-state index in [0.717, 1.165) is 59.8 Å². The van der Waals surface area contributed by atoms with Gasteiger partial charge < -0.3 is 42.6 Å². The average Bonchev–Trinajstić information content (AvgIpc) is 3.20. The Morgan fingerprint density at radius 1 is 0.786 bits per heavy atom. The zero-order valence-corrected chi connectivity index (χ0v) is 36.0. The van der Waals surface area contributed by atoms with Crippen LogP contribution in [0.15, 0.2) is 72.8 Å². The van der Waals surface area contributed by atoms with Crippen LogP contribution in [-0.2, 0) is 36.6 Å². The summed E-state index contributed by atoms with van der Waals surface area (Å²) in [7, 11) is 1.03. The number of piperidine rings is 1. The van der Waals surface area contributed by atoms with Crippen molar-refractivity contribution in [3.63, 3.8) is 0 Å². The monoisotopic (exact) mass is 790 g/mol. The maximum Gasteiger partial charge on any atom is 0.410 e. The van der Waals surface area contributed by atoms with E-state index in [2.05, 4.69) is 70.7 Å². The molecule has 1 saturated heterocycles. The highest BCUT2D eigenvalue weighted by Gasteiger charge is 2.51. The quantitative estimate of drug-likeness (QED) is 0.0822. The topological polar surface area (TPSA) is 88.2 Å². The molecule has 11 heteroatoms. The van der Waals surface area contributed by atoms with Gasteiger partial charge in [0.1, 0.15) is 24.7 Å². The van der Waals surface area contributed by atoms with Gasteiger partial charge in [0.15, 0.2) is 0 Å². The van der Waals surface area contributed by atoms with Gasteiger partial charge in [-0.3, -0.25) is 0 Å². The van der Waals surface area contributed by atoms with Gasteiger partial charge in [-0.25, -0.2) is 4.79 Å². The van der Waals surface area contributed by atoms with Gasteiger partial charge in [-0.1, -0.05) is 90.1 Å². The Bertz CT molecular complexity index is 1600. The number of carbonyl (C=O) groups excluding carboxylic acids is 1. The molecule has 3 aromatic rings. The summed E-state index contributed by atoms with van der Waals surface area (Å²) in [6.45, 7) is 19.5. The van der Waals surface area contributed by atoms with Crippen molar-refractivity contribution in [3.05, 3.63) is 89.5 Å². The zero-order chi connectivity index (χ0) is 40.1. The summed E-state index contributed by atoms with van der Waals surface area (Å²) in [6.07, 6.45) is 0.684. The maximum absolute atomic E-state index is 14.0. The first-order valence-electron chi connectivity index (χ1n) is 20.5. The molecule has 308 valence electrons. The highest BCUT2D eigenvalue weighted by Crippen LogP contribution is 2.46. The summed E-state index contributed by atoms with van der Waals surface area (Å²) in [4.78, 5) is 18.2. The van der Waals surface area contributed by atoms with E-state index in [0.29, 0.717) is 62.7 Å². The van der Waals surface area contributed by atoms with Gasteiger partial charge >= 0.3 is 6.09 Å². The van der Waals surface area contributed by atoms with E-state index in [1.807, 2.05) is 48.5 Å². The van der Waals surface area contributed by atoms with Crippen LogP contribution in [0.5, 0.6) is 11.5 Å². The molecule has 0 aliphatic carbocycles. The van der Waals surface area contributed by atoms with Crippen LogP contribution >= 0.6 is 0 Å². The number of nitrogens with zero attached hydrogens (tertiary/aromatic N) is 2. The number of ether oxygens (including phenoxy) is 6. The molecule has 3 atom stereocenters. The first kappa shape index (κ1) is 43.5. The van der Waals surface area contributed by atoms with E-state index in [1.165, 1.54) is 0 Å². The lowest BCUT2D eigenvalue weighted by molar-refractivity contribution is -0.0663. The summed E-state index contributed by atoms with van der Waals surface area (Å²) in [5, 5.41) is 0. The molecule has 0 radical (unpaired) electrons. The minimum absolute atomic E-state index is 0.148. The first-order chi connectivity index (χ1) is 27.1. The van der Waals surface area contributed by atoms with Gasteiger partial charge in [0.2, 0.25) is 8.32 Å². The van der Waals surface area contributed by atoms with Gasteiger partial charge in [-0.15, -0.1) is 0 Å². The minimum Gasteiger partial charge on any atom is -0.494 e. The standard InChI is InChI=1S/C45H66N2O8Si/c1-33(2)56(34(3)4,35(5)6)55-43-30-47(45(48)54-31-36-14-10-9-11-15-36)29-42(44(43)38-17-19-39(20-18-38)51-26-13-25-50-8)53-32-37-16-21-41-40(28-37)46(23-27-52-41)22-12-24-49-7/h9-11,14-21,28,33-35,42-44H,12-13,22-27,29-32H2,1-8H3/t42-,43+,44+/m0/s1. The third-order valence-corrected chi connectivity index (χ3v) is 17.5. The fourth-order valence-electron chi connectivity index (χ4n) is 8.72. The fraction of sp³-hybridized carbons (Fsp3) is 0.578. The molecule has 2 aliphatic heterocycles. The predicted molar refractivity (Wildman–Crippen MR) is 225 cm³/mol. The second-order valence-electron chi connectivity index (χ2n) is 16.0. The van der Waals surface area contributed by atoms with E-state index in [4.69, 9.17) is 32.8 Å². The van der Waals surface area contributed by atoms with Crippen molar-refractivity contribution in [2.24, 2.45) is 0 Å². The first-order valence-corrected chi connectivity index (χ1v) is 22.7. The highest BCUT2D eigenvalue weighted by molar-refractivity contribution is 6.77. The molecule has 1 fully saturated rings. The van der Waals surface area contributed by atoms with Crippen LogP contribution in [0.2, 0.25) is 16.6 Å². The second-order valence-corrected chi connectivity index (χ2v) is 21.4. The molecule has 0 N–H and O–H groups in total. The molecule has 0 aromatic heterocycles. The van der Waals surface area contributed by atoms with E-state index < -0.39 is 8.32 Å². The van der Waals surface area contributed by atoms with E-state index in [9.17, 15) is 4.79 Å². The molecule has 1 amide bonds. The van der Waals surface area contributed by atoms with E-state index >= 15 is 0 Å². The van der Waals surface area contributed by atoms with Crippen LogP contribution in [-0.4, -0.2) is 98.3 Å². The Morgan fingerprint density at radius 2 is 1.46 bits per heavy atom. The molecule has 0 unspecified atom stereocenters. The van der Waals surface area contributed by atoms with Crippen molar-refractivity contribution in [1.29, 1.82) is 0 Å². The lowest BCUT2D eigenvalue weighted by atomic mass is 9.84. The predicted octanol–water partition coefficient (Wildman–Crippen LogP) is 9.22. The van der Waals surface area contributed by atoms with Crippen LogP contribution in [0.4, 0.5) is 10.5 Å². The molecule has 3 aromatic carbocycles. The average molecular weight is 791 g/mol. The lowest BCUT2D eigenvalue weighted by Gasteiger charge is -2.50. The van der Waals surface area contributed by atoms with Crippen LogP contribution in [0.3, 0.4) is 0 Å². The number of anilines is 1. The van der Waals surface area contributed by atoms with Gasteiger partial charge in [0, 0.05) is 52.9 Å². The largest absolute Gasteiger partial charge is 0.494 e. The molecular weight excluding hydrogens is 725 g/mol. The zero-order valence-electron chi connectivity index (χ0n) is 35.0. The SMILES string of the molecule is COCCCOc1ccc([C@@H]2[C@@H](OCc3ccc4c(c3)N(CCCOC)CCO4)CN(C(=O)OCc3ccccc3)C[C@H]2O[Si](C(C)C)(C(C)C)C(C)C)cc1. The number of benzene rings is 3. The third kappa shape index (κ3) is 11.1. The van der Waals surface area contributed by atoms with Crippen LogP contribution in [0, 0.1) is 0 Å². The van der Waals surface area contributed by atoms with Gasteiger partial charge in [-0.2, -0.15) is 0 Å². The summed E-state index contributed by atoms with van der Waals surface area (Å²) in [6, 6.07) is 24.5. The molecule has 10 nitrogen and oxygen atoms in total. The number of fused-ring (bicyclic) bond motifs is 1. The molecule has 5 rings (SSSR count). The number of hydrogen-bond acceptors (Lipinski definition) is 9.